The molecule has 37 heavy (non-hydrogen) atoms. The molecule has 0 saturated heterocycles. The topological polar surface area (TPSA) is 82.6 Å². The van der Waals surface area contributed by atoms with Gasteiger partial charge in [0.05, 0.1) is 6.61 Å². The number of nitrogens with one attached hydrogen (secondary N) is 1. The van der Waals surface area contributed by atoms with Crippen molar-refractivity contribution in [2.24, 2.45) is 0 Å². The van der Waals surface area contributed by atoms with Crippen LogP contribution >= 0.6 is 11.6 Å². The minimum Gasteiger partial charge on any atom is -0.476 e. The standard InChI is InChI=1S/C29H28ClN3O4/c1-3-35-27(34)29(2,37-24-12-8-5-9-13-24)19-21-14-16-23(17-15-21)36-26-18-25(30)32-28(33-26)31-20-22-10-6-4-7-11-22/h4-18H,3,19-20H2,1-2H3,(H,31,32,33). The second-order valence-corrected chi connectivity index (χ2v) is 8.87. The molecule has 1 atom stereocenters. The van der Waals surface area contributed by atoms with E-state index in [1.165, 1.54) is 0 Å². The smallest absolute Gasteiger partial charge is 0.350 e. The van der Waals surface area contributed by atoms with Gasteiger partial charge in [0.25, 0.3) is 0 Å². The largest absolute Gasteiger partial charge is 0.476 e. The van der Waals surface area contributed by atoms with E-state index in [1.54, 1.807) is 32.0 Å². The molecule has 1 heterocycles. The molecule has 0 aliphatic heterocycles. The summed E-state index contributed by atoms with van der Waals surface area (Å²) in [5.74, 6) is 1.41. The zero-order chi connectivity index (χ0) is 26.1. The van der Waals surface area contributed by atoms with E-state index in [2.05, 4.69) is 15.3 Å². The van der Waals surface area contributed by atoms with Crippen molar-refractivity contribution in [1.82, 2.24) is 9.97 Å². The number of nitrogens with zero attached hydrogens (tertiary/aromatic N) is 2. The Morgan fingerprint density at radius 3 is 2.24 bits per heavy atom. The monoisotopic (exact) mass is 517 g/mol. The fourth-order valence-corrected chi connectivity index (χ4v) is 3.85. The summed E-state index contributed by atoms with van der Waals surface area (Å²) in [6.45, 7) is 4.33. The maximum atomic E-state index is 12.8. The van der Waals surface area contributed by atoms with Crippen molar-refractivity contribution < 1.29 is 19.0 Å². The molecular weight excluding hydrogens is 490 g/mol. The van der Waals surface area contributed by atoms with Gasteiger partial charge in [0, 0.05) is 19.0 Å². The number of esters is 1. The number of halogens is 1. The van der Waals surface area contributed by atoms with E-state index in [4.69, 9.17) is 25.8 Å². The first-order valence-corrected chi connectivity index (χ1v) is 12.3. The van der Waals surface area contributed by atoms with Gasteiger partial charge in [-0.25, -0.2) is 9.78 Å². The first-order chi connectivity index (χ1) is 17.9. The van der Waals surface area contributed by atoms with Crippen molar-refractivity contribution in [2.45, 2.75) is 32.4 Å². The second kappa shape index (κ2) is 12.2. The van der Waals surface area contributed by atoms with Crippen LogP contribution in [0.5, 0.6) is 17.4 Å². The minimum atomic E-state index is -1.20. The number of hydrogen-bond donors (Lipinski definition) is 1. The van der Waals surface area contributed by atoms with Gasteiger partial charge in [0.15, 0.2) is 0 Å². The van der Waals surface area contributed by atoms with E-state index in [0.717, 1.165) is 11.1 Å². The van der Waals surface area contributed by atoms with Crippen LogP contribution in [0.15, 0.2) is 91.0 Å². The van der Waals surface area contributed by atoms with E-state index >= 15 is 0 Å². The third kappa shape index (κ3) is 7.44. The highest BCUT2D eigenvalue weighted by Crippen LogP contribution is 2.27. The molecule has 0 bridgehead atoms. The average molecular weight is 518 g/mol. The van der Waals surface area contributed by atoms with Crippen LogP contribution in [0.3, 0.4) is 0 Å². The molecular formula is C29H28ClN3O4. The maximum absolute atomic E-state index is 12.8. The molecule has 1 unspecified atom stereocenters. The lowest BCUT2D eigenvalue weighted by Crippen LogP contribution is -2.45. The van der Waals surface area contributed by atoms with Gasteiger partial charge in [-0.2, -0.15) is 4.98 Å². The van der Waals surface area contributed by atoms with Crippen molar-refractivity contribution in [3.63, 3.8) is 0 Å². The number of anilines is 1. The predicted octanol–water partition coefficient (Wildman–Crippen LogP) is 6.48. The molecule has 0 aliphatic rings. The highest BCUT2D eigenvalue weighted by atomic mass is 35.5. The summed E-state index contributed by atoms with van der Waals surface area (Å²) in [6.07, 6.45) is 0.313. The fraction of sp³-hybridized carbons (Fsp3) is 0.207. The Hall–Kier alpha value is -4.10. The number of rotatable bonds is 11. The highest BCUT2D eigenvalue weighted by Gasteiger charge is 2.37. The van der Waals surface area contributed by atoms with E-state index in [0.29, 0.717) is 36.3 Å². The zero-order valence-corrected chi connectivity index (χ0v) is 21.4. The van der Waals surface area contributed by atoms with Crippen LogP contribution in [0.25, 0.3) is 0 Å². The lowest BCUT2D eigenvalue weighted by Gasteiger charge is -2.28. The molecule has 1 N–H and O–H groups in total. The third-order valence-corrected chi connectivity index (χ3v) is 5.64. The van der Waals surface area contributed by atoms with E-state index < -0.39 is 11.6 Å². The Labute approximate surface area is 221 Å². The molecule has 190 valence electrons. The third-order valence-electron chi connectivity index (χ3n) is 5.45. The van der Waals surface area contributed by atoms with Crippen molar-refractivity contribution in [2.75, 3.05) is 11.9 Å². The molecule has 0 fully saturated rings. The van der Waals surface area contributed by atoms with Crippen LogP contribution in [0.2, 0.25) is 5.15 Å². The lowest BCUT2D eigenvalue weighted by atomic mass is 9.96. The summed E-state index contributed by atoms with van der Waals surface area (Å²) in [4.78, 5) is 21.4. The number of hydrogen-bond acceptors (Lipinski definition) is 7. The summed E-state index contributed by atoms with van der Waals surface area (Å²) in [5, 5.41) is 3.42. The Morgan fingerprint density at radius 1 is 0.892 bits per heavy atom. The molecule has 3 aromatic carbocycles. The van der Waals surface area contributed by atoms with Gasteiger partial charge in [0.1, 0.15) is 16.7 Å². The van der Waals surface area contributed by atoms with E-state index in [9.17, 15) is 4.79 Å². The molecule has 0 radical (unpaired) electrons. The van der Waals surface area contributed by atoms with Crippen LogP contribution < -0.4 is 14.8 Å². The zero-order valence-electron chi connectivity index (χ0n) is 20.7. The first-order valence-electron chi connectivity index (χ1n) is 11.9. The van der Waals surface area contributed by atoms with Crippen molar-refractivity contribution in [3.8, 4) is 17.4 Å². The molecule has 7 nitrogen and oxygen atoms in total. The number of aromatic nitrogens is 2. The SMILES string of the molecule is CCOC(=O)C(C)(Cc1ccc(Oc2cc(Cl)nc(NCc3ccccc3)n2)cc1)Oc1ccccc1. The van der Waals surface area contributed by atoms with Gasteiger partial charge < -0.3 is 19.5 Å². The number of benzene rings is 3. The van der Waals surface area contributed by atoms with Crippen molar-refractivity contribution in [3.05, 3.63) is 107 Å². The number of para-hydroxylation sites is 1. The highest BCUT2D eigenvalue weighted by molar-refractivity contribution is 6.29. The van der Waals surface area contributed by atoms with Crippen molar-refractivity contribution >= 4 is 23.5 Å². The van der Waals surface area contributed by atoms with Crippen LogP contribution in [-0.2, 0) is 22.5 Å². The molecule has 0 saturated carbocycles. The summed E-state index contributed by atoms with van der Waals surface area (Å²) in [6, 6.07) is 28.0. The average Bonchev–Trinajstić information content (AvgIpc) is 2.90. The number of carbonyl (C=O) groups is 1. The predicted molar refractivity (Wildman–Crippen MR) is 143 cm³/mol. The summed E-state index contributed by atoms with van der Waals surface area (Å²) in [5.41, 5.74) is 0.777. The van der Waals surface area contributed by atoms with Gasteiger partial charge in [-0.1, -0.05) is 72.3 Å². The normalized spacial score (nSPS) is 12.3. The maximum Gasteiger partial charge on any atom is 0.350 e. The van der Waals surface area contributed by atoms with E-state index in [-0.39, 0.29) is 11.8 Å². The summed E-state index contributed by atoms with van der Waals surface area (Å²) in [7, 11) is 0. The Balaban J connectivity index is 1.44. The molecule has 0 spiro atoms. The molecule has 0 aliphatic carbocycles. The molecule has 8 heteroatoms. The van der Waals surface area contributed by atoms with Crippen LogP contribution in [0.4, 0.5) is 5.95 Å². The summed E-state index contributed by atoms with van der Waals surface area (Å²) >= 11 is 6.19. The van der Waals surface area contributed by atoms with Gasteiger partial charge in [0.2, 0.25) is 17.4 Å². The fourth-order valence-electron chi connectivity index (χ4n) is 3.67. The van der Waals surface area contributed by atoms with Crippen LogP contribution in [-0.4, -0.2) is 28.1 Å². The van der Waals surface area contributed by atoms with Gasteiger partial charge in [-0.15, -0.1) is 0 Å². The Kier molecular flexibility index (Phi) is 8.59. The minimum absolute atomic E-state index is 0.264. The Bertz CT molecular complexity index is 1300. The first kappa shape index (κ1) is 26.0. The molecule has 0 amide bonds. The van der Waals surface area contributed by atoms with Gasteiger partial charge in [-0.05, 0) is 49.2 Å². The van der Waals surface area contributed by atoms with Crippen LogP contribution in [0.1, 0.15) is 25.0 Å². The van der Waals surface area contributed by atoms with E-state index in [1.807, 2.05) is 72.8 Å². The Morgan fingerprint density at radius 2 is 1.57 bits per heavy atom. The lowest BCUT2D eigenvalue weighted by molar-refractivity contribution is -0.160. The van der Waals surface area contributed by atoms with Crippen molar-refractivity contribution in [1.29, 1.82) is 0 Å². The number of carbonyl (C=O) groups excluding carboxylic acids is 1. The molecule has 4 aromatic rings. The van der Waals surface area contributed by atoms with Crippen LogP contribution in [0, 0.1) is 0 Å². The molecule has 1 aromatic heterocycles. The quantitative estimate of drug-likeness (QED) is 0.180. The second-order valence-electron chi connectivity index (χ2n) is 8.48. The van der Waals surface area contributed by atoms with Gasteiger partial charge in [-0.3, -0.25) is 0 Å². The molecule has 4 rings (SSSR count). The number of ether oxygens (including phenoxy) is 3. The van der Waals surface area contributed by atoms with Gasteiger partial charge >= 0.3 is 5.97 Å². The summed E-state index contributed by atoms with van der Waals surface area (Å²) < 4.78 is 17.3.